The number of benzene rings is 1. The molecule has 1 aliphatic rings. The highest BCUT2D eigenvalue weighted by atomic mass is 35.5. The van der Waals surface area contributed by atoms with E-state index in [1.165, 1.54) is 0 Å². The summed E-state index contributed by atoms with van der Waals surface area (Å²) in [6, 6.07) is 7.30. The monoisotopic (exact) mass is 238 g/mol. The van der Waals surface area contributed by atoms with E-state index >= 15 is 0 Å². The summed E-state index contributed by atoms with van der Waals surface area (Å²) in [5.74, 6) is 0.398. The van der Waals surface area contributed by atoms with Crippen molar-refractivity contribution in [1.29, 1.82) is 0 Å². The smallest absolute Gasteiger partial charge is 0.230 e. The molecule has 4 heteroatoms. The molecule has 86 valence electrons. The molecule has 1 amide bonds. The number of halogens is 1. The van der Waals surface area contributed by atoms with Crippen molar-refractivity contribution in [2.24, 2.45) is 11.7 Å². The standard InChI is InChI=1S/C12H15ClN2O/c13-10-3-5-11(6-4-10)15(8-7-14)12(16)9-1-2-9/h3-6,9H,1-2,7-8,14H2. The van der Waals surface area contributed by atoms with Gasteiger partial charge in [-0.1, -0.05) is 11.6 Å². The van der Waals surface area contributed by atoms with Gasteiger partial charge in [0.1, 0.15) is 0 Å². The minimum Gasteiger partial charge on any atom is -0.329 e. The van der Waals surface area contributed by atoms with Crippen LogP contribution < -0.4 is 10.6 Å². The molecular formula is C12H15ClN2O. The highest BCUT2D eigenvalue weighted by Gasteiger charge is 2.33. The fourth-order valence-corrected chi connectivity index (χ4v) is 1.79. The first kappa shape index (κ1) is 11.4. The first-order chi connectivity index (χ1) is 7.72. The van der Waals surface area contributed by atoms with E-state index in [-0.39, 0.29) is 11.8 Å². The van der Waals surface area contributed by atoms with E-state index in [1.807, 2.05) is 12.1 Å². The van der Waals surface area contributed by atoms with Gasteiger partial charge in [-0.2, -0.15) is 0 Å². The molecule has 0 heterocycles. The van der Waals surface area contributed by atoms with Gasteiger partial charge >= 0.3 is 0 Å². The van der Waals surface area contributed by atoms with Crippen molar-refractivity contribution in [3.05, 3.63) is 29.3 Å². The number of carbonyl (C=O) groups excluding carboxylic acids is 1. The van der Waals surface area contributed by atoms with Crippen molar-refractivity contribution in [3.8, 4) is 0 Å². The molecule has 0 unspecified atom stereocenters. The van der Waals surface area contributed by atoms with Crippen LogP contribution in [-0.2, 0) is 4.79 Å². The quantitative estimate of drug-likeness (QED) is 0.873. The van der Waals surface area contributed by atoms with Crippen molar-refractivity contribution >= 4 is 23.2 Å². The predicted molar refractivity (Wildman–Crippen MR) is 65.6 cm³/mol. The molecule has 1 aromatic rings. The Morgan fingerprint density at radius 1 is 1.38 bits per heavy atom. The van der Waals surface area contributed by atoms with E-state index in [9.17, 15) is 4.79 Å². The van der Waals surface area contributed by atoms with Gasteiger partial charge in [0, 0.05) is 29.7 Å². The molecule has 1 aromatic carbocycles. The van der Waals surface area contributed by atoms with Gasteiger partial charge < -0.3 is 10.6 Å². The van der Waals surface area contributed by atoms with E-state index in [2.05, 4.69) is 0 Å². The Morgan fingerprint density at radius 3 is 2.50 bits per heavy atom. The van der Waals surface area contributed by atoms with Gasteiger partial charge in [0.25, 0.3) is 0 Å². The summed E-state index contributed by atoms with van der Waals surface area (Å²) in [6.45, 7) is 1.04. The zero-order chi connectivity index (χ0) is 11.5. The van der Waals surface area contributed by atoms with Gasteiger partial charge in [0.2, 0.25) is 5.91 Å². The molecule has 0 bridgehead atoms. The first-order valence-electron chi connectivity index (χ1n) is 5.49. The van der Waals surface area contributed by atoms with Crippen LogP contribution in [0, 0.1) is 5.92 Å². The normalized spacial score (nSPS) is 14.9. The molecular weight excluding hydrogens is 224 g/mol. The summed E-state index contributed by atoms with van der Waals surface area (Å²) in [5, 5.41) is 0.676. The Hall–Kier alpha value is -1.06. The lowest BCUT2D eigenvalue weighted by molar-refractivity contribution is -0.119. The number of rotatable bonds is 4. The summed E-state index contributed by atoms with van der Waals surface area (Å²) in [4.78, 5) is 13.8. The average Bonchev–Trinajstić information content (AvgIpc) is 3.10. The van der Waals surface area contributed by atoms with Crippen LogP contribution in [0.3, 0.4) is 0 Å². The van der Waals surface area contributed by atoms with E-state index in [4.69, 9.17) is 17.3 Å². The molecule has 2 N–H and O–H groups in total. The van der Waals surface area contributed by atoms with Gasteiger partial charge in [0.05, 0.1) is 0 Å². The van der Waals surface area contributed by atoms with Gasteiger partial charge in [0.15, 0.2) is 0 Å². The number of hydrogen-bond donors (Lipinski definition) is 1. The highest BCUT2D eigenvalue weighted by Crippen LogP contribution is 2.32. The van der Waals surface area contributed by atoms with E-state index in [0.29, 0.717) is 18.1 Å². The molecule has 0 radical (unpaired) electrons. The minimum atomic E-state index is 0.188. The van der Waals surface area contributed by atoms with Crippen molar-refractivity contribution in [1.82, 2.24) is 0 Å². The first-order valence-corrected chi connectivity index (χ1v) is 5.87. The maximum Gasteiger partial charge on any atom is 0.230 e. The summed E-state index contributed by atoms with van der Waals surface area (Å²) in [5.41, 5.74) is 6.42. The summed E-state index contributed by atoms with van der Waals surface area (Å²) in [7, 11) is 0. The van der Waals surface area contributed by atoms with Crippen LogP contribution in [0.25, 0.3) is 0 Å². The van der Waals surface area contributed by atoms with Gasteiger partial charge in [-0.05, 0) is 37.1 Å². The molecule has 1 aliphatic carbocycles. The lowest BCUT2D eigenvalue weighted by atomic mass is 10.2. The maximum atomic E-state index is 12.0. The molecule has 0 aromatic heterocycles. The van der Waals surface area contributed by atoms with Crippen LogP contribution in [0.1, 0.15) is 12.8 Å². The summed E-state index contributed by atoms with van der Waals surface area (Å²) in [6.07, 6.45) is 2.01. The Bertz CT molecular complexity index is 373. The molecule has 0 saturated heterocycles. The fourth-order valence-electron chi connectivity index (χ4n) is 1.67. The summed E-state index contributed by atoms with van der Waals surface area (Å²) >= 11 is 5.82. The van der Waals surface area contributed by atoms with Crippen molar-refractivity contribution in [3.63, 3.8) is 0 Å². The Kier molecular flexibility index (Phi) is 3.46. The van der Waals surface area contributed by atoms with Gasteiger partial charge in [-0.15, -0.1) is 0 Å². The Balaban J connectivity index is 2.17. The van der Waals surface area contributed by atoms with Crippen molar-refractivity contribution in [2.75, 3.05) is 18.0 Å². The number of anilines is 1. The topological polar surface area (TPSA) is 46.3 Å². The van der Waals surface area contributed by atoms with Crippen LogP contribution in [0.4, 0.5) is 5.69 Å². The molecule has 1 saturated carbocycles. The molecule has 1 fully saturated rings. The van der Waals surface area contributed by atoms with Gasteiger partial charge in [-0.25, -0.2) is 0 Å². The number of nitrogens with zero attached hydrogens (tertiary/aromatic N) is 1. The Morgan fingerprint density at radius 2 is 2.00 bits per heavy atom. The molecule has 0 spiro atoms. The van der Waals surface area contributed by atoms with E-state index in [0.717, 1.165) is 18.5 Å². The fraction of sp³-hybridized carbons (Fsp3) is 0.417. The van der Waals surface area contributed by atoms with Crippen LogP contribution in [0.15, 0.2) is 24.3 Å². The third kappa shape index (κ3) is 2.54. The molecule has 0 atom stereocenters. The SMILES string of the molecule is NCCN(C(=O)C1CC1)c1ccc(Cl)cc1. The van der Waals surface area contributed by atoms with Crippen molar-refractivity contribution in [2.45, 2.75) is 12.8 Å². The van der Waals surface area contributed by atoms with E-state index < -0.39 is 0 Å². The van der Waals surface area contributed by atoms with Crippen LogP contribution in [-0.4, -0.2) is 19.0 Å². The predicted octanol–water partition coefficient (Wildman–Crippen LogP) is 2.04. The van der Waals surface area contributed by atoms with Gasteiger partial charge in [-0.3, -0.25) is 4.79 Å². The molecule has 3 nitrogen and oxygen atoms in total. The lowest BCUT2D eigenvalue weighted by Crippen LogP contribution is -2.36. The summed E-state index contributed by atoms with van der Waals surface area (Å²) < 4.78 is 0. The Labute approximate surface area is 100 Å². The highest BCUT2D eigenvalue weighted by molar-refractivity contribution is 6.30. The second-order valence-corrected chi connectivity index (χ2v) is 4.47. The van der Waals surface area contributed by atoms with Crippen molar-refractivity contribution < 1.29 is 4.79 Å². The second-order valence-electron chi connectivity index (χ2n) is 4.03. The third-order valence-electron chi connectivity index (χ3n) is 2.68. The minimum absolute atomic E-state index is 0.188. The lowest BCUT2D eigenvalue weighted by Gasteiger charge is -2.22. The zero-order valence-electron chi connectivity index (χ0n) is 9.03. The zero-order valence-corrected chi connectivity index (χ0v) is 9.78. The number of amides is 1. The number of nitrogens with two attached hydrogens (primary N) is 1. The molecule has 2 rings (SSSR count). The maximum absolute atomic E-state index is 12.0. The molecule has 0 aliphatic heterocycles. The number of carbonyl (C=O) groups is 1. The molecule has 16 heavy (non-hydrogen) atoms. The van der Waals surface area contributed by atoms with Crippen LogP contribution in [0.5, 0.6) is 0 Å². The van der Waals surface area contributed by atoms with Crippen LogP contribution >= 0.6 is 11.6 Å². The third-order valence-corrected chi connectivity index (χ3v) is 2.94. The van der Waals surface area contributed by atoms with E-state index in [1.54, 1.807) is 17.0 Å². The second kappa shape index (κ2) is 4.85. The largest absolute Gasteiger partial charge is 0.329 e. The van der Waals surface area contributed by atoms with Crippen LogP contribution in [0.2, 0.25) is 5.02 Å². The number of hydrogen-bond acceptors (Lipinski definition) is 2. The average molecular weight is 239 g/mol.